The summed E-state index contributed by atoms with van der Waals surface area (Å²) in [7, 11) is 3.34. The molecule has 0 radical (unpaired) electrons. The summed E-state index contributed by atoms with van der Waals surface area (Å²) in [4.78, 5) is 26.5. The normalized spacial score (nSPS) is 17.0. The second kappa shape index (κ2) is 9.61. The number of hydrogen-bond donors (Lipinski definition) is 1. The number of carbonyl (C=O) groups is 1. The minimum atomic E-state index is -0.162. The molecule has 1 aliphatic heterocycles. The van der Waals surface area contributed by atoms with E-state index in [9.17, 15) is 9.59 Å². The molecule has 0 bridgehead atoms. The Morgan fingerprint density at radius 3 is 2.96 bits per heavy atom. The average molecular weight is 384 g/mol. The predicted molar refractivity (Wildman–Crippen MR) is 108 cm³/mol. The van der Waals surface area contributed by atoms with Crippen LogP contribution in [0.1, 0.15) is 23.2 Å². The standard InChI is InChI=1S/C21H28N4O3/c1-24-20(26)8-7-19(23-24)17-5-3-6-18(13-17)21(27)22-14-16-9-11-25(15-16)10-4-12-28-2/h3,5-8,13,16H,4,9-12,14-15H2,1-2H3,(H,22,27)/t16-/m1/s1. The molecular formula is C21H28N4O3. The van der Waals surface area contributed by atoms with Gasteiger partial charge in [-0.15, -0.1) is 0 Å². The highest BCUT2D eigenvalue weighted by molar-refractivity contribution is 5.95. The lowest BCUT2D eigenvalue weighted by Gasteiger charge is -2.16. The fraction of sp³-hybridized carbons (Fsp3) is 0.476. The number of ether oxygens (including phenoxy) is 1. The van der Waals surface area contributed by atoms with Gasteiger partial charge >= 0.3 is 0 Å². The minimum Gasteiger partial charge on any atom is -0.385 e. The van der Waals surface area contributed by atoms with Gasteiger partial charge in [-0.1, -0.05) is 12.1 Å². The second-order valence-electron chi connectivity index (χ2n) is 7.27. The van der Waals surface area contributed by atoms with Crippen LogP contribution in [0.3, 0.4) is 0 Å². The van der Waals surface area contributed by atoms with Gasteiger partial charge in [0.2, 0.25) is 0 Å². The molecule has 150 valence electrons. The molecular weight excluding hydrogens is 356 g/mol. The number of methoxy groups -OCH3 is 1. The van der Waals surface area contributed by atoms with E-state index in [2.05, 4.69) is 15.3 Å². The number of hydrogen-bond acceptors (Lipinski definition) is 5. The van der Waals surface area contributed by atoms with Crippen LogP contribution in [0.15, 0.2) is 41.2 Å². The Labute approximate surface area is 165 Å². The number of nitrogens with one attached hydrogen (secondary N) is 1. The summed E-state index contributed by atoms with van der Waals surface area (Å²) in [5, 5.41) is 7.31. The molecule has 7 heteroatoms. The fourth-order valence-electron chi connectivity index (χ4n) is 3.53. The number of amides is 1. The van der Waals surface area contributed by atoms with Crippen molar-refractivity contribution in [2.45, 2.75) is 12.8 Å². The number of nitrogens with zero attached hydrogens (tertiary/aromatic N) is 3. The first kappa shape index (κ1) is 20.2. The van der Waals surface area contributed by atoms with Crippen molar-refractivity contribution in [3.05, 3.63) is 52.3 Å². The monoisotopic (exact) mass is 384 g/mol. The van der Waals surface area contributed by atoms with E-state index >= 15 is 0 Å². The zero-order valence-corrected chi connectivity index (χ0v) is 16.6. The Kier molecular flexibility index (Phi) is 6.95. The molecule has 1 atom stereocenters. The first-order chi connectivity index (χ1) is 13.6. The van der Waals surface area contributed by atoms with Crippen LogP contribution in [0.2, 0.25) is 0 Å². The molecule has 1 amide bonds. The Balaban J connectivity index is 1.55. The average Bonchev–Trinajstić information content (AvgIpc) is 3.16. The number of likely N-dealkylation sites (tertiary alicyclic amines) is 1. The SMILES string of the molecule is COCCCN1CC[C@H](CNC(=O)c2cccc(-c3ccc(=O)n(C)n3)c2)C1. The number of aryl methyl sites for hydroxylation is 1. The molecule has 3 rings (SSSR count). The molecule has 1 saturated heterocycles. The lowest BCUT2D eigenvalue weighted by Crippen LogP contribution is -2.31. The molecule has 0 saturated carbocycles. The first-order valence-corrected chi connectivity index (χ1v) is 9.71. The van der Waals surface area contributed by atoms with Gasteiger partial charge in [0.25, 0.3) is 11.5 Å². The maximum atomic E-state index is 12.6. The third-order valence-electron chi connectivity index (χ3n) is 5.13. The molecule has 1 aromatic heterocycles. The molecule has 0 spiro atoms. The number of benzene rings is 1. The van der Waals surface area contributed by atoms with Crippen LogP contribution < -0.4 is 10.9 Å². The van der Waals surface area contributed by atoms with Crippen LogP contribution in [-0.4, -0.2) is 60.5 Å². The van der Waals surface area contributed by atoms with E-state index < -0.39 is 0 Å². The number of rotatable bonds is 8. The number of aromatic nitrogens is 2. The van der Waals surface area contributed by atoms with Crippen molar-refractivity contribution in [2.24, 2.45) is 13.0 Å². The summed E-state index contributed by atoms with van der Waals surface area (Å²) in [5.74, 6) is 0.407. The van der Waals surface area contributed by atoms with Crippen molar-refractivity contribution >= 4 is 5.91 Å². The molecule has 2 aromatic rings. The lowest BCUT2D eigenvalue weighted by atomic mass is 10.1. The maximum Gasteiger partial charge on any atom is 0.266 e. The molecule has 2 heterocycles. The van der Waals surface area contributed by atoms with Crippen molar-refractivity contribution in [1.29, 1.82) is 0 Å². The highest BCUT2D eigenvalue weighted by Gasteiger charge is 2.22. The molecule has 1 aliphatic rings. The molecule has 0 unspecified atom stereocenters. The van der Waals surface area contributed by atoms with Gasteiger partial charge in [-0.05, 0) is 43.5 Å². The van der Waals surface area contributed by atoms with E-state index in [1.54, 1.807) is 26.3 Å². The molecule has 1 fully saturated rings. The van der Waals surface area contributed by atoms with E-state index in [0.717, 1.165) is 44.6 Å². The van der Waals surface area contributed by atoms with Gasteiger partial charge < -0.3 is 15.0 Å². The minimum absolute atomic E-state index is 0.0792. The van der Waals surface area contributed by atoms with E-state index in [4.69, 9.17) is 4.74 Å². The van der Waals surface area contributed by atoms with Crippen LogP contribution >= 0.6 is 0 Å². The summed E-state index contributed by atoms with van der Waals surface area (Å²) in [6, 6.07) is 10.5. The quantitative estimate of drug-likeness (QED) is 0.699. The summed E-state index contributed by atoms with van der Waals surface area (Å²) < 4.78 is 6.40. The van der Waals surface area contributed by atoms with Gasteiger partial charge in [0.1, 0.15) is 0 Å². The van der Waals surface area contributed by atoms with Crippen molar-refractivity contribution in [3.8, 4) is 11.3 Å². The Morgan fingerprint density at radius 1 is 1.32 bits per heavy atom. The summed E-state index contributed by atoms with van der Waals surface area (Å²) >= 11 is 0. The van der Waals surface area contributed by atoms with Crippen molar-refractivity contribution in [3.63, 3.8) is 0 Å². The van der Waals surface area contributed by atoms with Gasteiger partial charge in [-0.2, -0.15) is 5.10 Å². The van der Waals surface area contributed by atoms with E-state index in [0.29, 0.717) is 23.7 Å². The lowest BCUT2D eigenvalue weighted by molar-refractivity contribution is 0.0947. The van der Waals surface area contributed by atoms with Crippen molar-refractivity contribution in [1.82, 2.24) is 20.0 Å². The Morgan fingerprint density at radius 2 is 2.18 bits per heavy atom. The van der Waals surface area contributed by atoms with Crippen LogP contribution in [0.25, 0.3) is 11.3 Å². The highest BCUT2D eigenvalue weighted by atomic mass is 16.5. The zero-order chi connectivity index (χ0) is 19.9. The van der Waals surface area contributed by atoms with Crippen LogP contribution in [0.4, 0.5) is 0 Å². The molecule has 1 N–H and O–H groups in total. The predicted octanol–water partition coefficient (Wildman–Crippen LogP) is 1.54. The molecule has 0 aliphatic carbocycles. The highest BCUT2D eigenvalue weighted by Crippen LogP contribution is 2.18. The summed E-state index contributed by atoms with van der Waals surface area (Å²) in [6.45, 7) is 4.62. The molecule has 7 nitrogen and oxygen atoms in total. The van der Waals surface area contributed by atoms with Gasteiger partial charge in [-0.25, -0.2) is 4.68 Å². The van der Waals surface area contributed by atoms with Gasteiger partial charge in [0.15, 0.2) is 0 Å². The van der Waals surface area contributed by atoms with Gasteiger partial charge in [-0.3, -0.25) is 9.59 Å². The molecule has 28 heavy (non-hydrogen) atoms. The largest absolute Gasteiger partial charge is 0.385 e. The Hall–Kier alpha value is -2.51. The van der Waals surface area contributed by atoms with E-state index in [1.807, 2.05) is 18.2 Å². The van der Waals surface area contributed by atoms with Crippen molar-refractivity contribution in [2.75, 3.05) is 39.9 Å². The maximum absolute atomic E-state index is 12.6. The van der Waals surface area contributed by atoms with Crippen LogP contribution in [0.5, 0.6) is 0 Å². The Bertz CT molecular complexity index is 865. The van der Waals surface area contributed by atoms with Crippen LogP contribution in [-0.2, 0) is 11.8 Å². The second-order valence-corrected chi connectivity index (χ2v) is 7.27. The number of carbonyl (C=O) groups excluding carboxylic acids is 1. The summed E-state index contributed by atoms with van der Waals surface area (Å²) in [5.41, 5.74) is 1.92. The first-order valence-electron chi connectivity index (χ1n) is 9.71. The van der Waals surface area contributed by atoms with Crippen LogP contribution in [0, 0.1) is 5.92 Å². The third-order valence-corrected chi connectivity index (χ3v) is 5.13. The zero-order valence-electron chi connectivity index (χ0n) is 16.6. The third kappa shape index (κ3) is 5.27. The van der Waals surface area contributed by atoms with Crippen molar-refractivity contribution < 1.29 is 9.53 Å². The topological polar surface area (TPSA) is 76.5 Å². The smallest absolute Gasteiger partial charge is 0.266 e. The van der Waals surface area contributed by atoms with Gasteiger partial charge in [0, 0.05) is 57.6 Å². The summed E-state index contributed by atoms with van der Waals surface area (Å²) in [6.07, 6.45) is 2.15. The van der Waals surface area contributed by atoms with E-state index in [-0.39, 0.29) is 11.5 Å². The van der Waals surface area contributed by atoms with E-state index in [1.165, 1.54) is 10.7 Å². The molecule has 1 aromatic carbocycles. The fourth-order valence-corrected chi connectivity index (χ4v) is 3.53. The van der Waals surface area contributed by atoms with Gasteiger partial charge in [0.05, 0.1) is 5.69 Å².